The van der Waals surface area contributed by atoms with Crippen molar-refractivity contribution < 1.29 is 0 Å². The summed E-state index contributed by atoms with van der Waals surface area (Å²) in [6.07, 6.45) is 2.37. The molecule has 0 amide bonds. The molecule has 5 nitrogen and oxygen atoms in total. The Morgan fingerprint density at radius 2 is 1.38 bits per heavy atom. The Hall–Kier alpha value is -0.200. The van der Waals surface area contributed by atoms with Crippen LogP contribution in [-0.4, -0.2) is 63.9 Å². The van der Waals surface area contributed by atoms with Crippen molar-refractivity contribution in [1.82, 2.24) is 20.9 Å². The highest BCUT2D eigenvalue weighted by molar-refractivity contribution is 4.61. The monoisotopic (exact) mass is 229 g/mol. The van der Waals surface area contributed by atoms with E-state index in [9.17, 15) is 0 Å². The minimum atomic E-state index is 0.670. The molecule has 1 fully saturated rings. The van der Waals surface area contributed by atoms with Crippen LogP contribution in [0.1, 0.15) is 12.8 Å². The molecule has 0 radical (unpaired) electrons. The van der Waals surface area contributed by atoms with Crippen LogP contribution in [-0.2, 0) is 0 Å². The van der Waals surface area contributed by atoms with Crippen LogP contribution >= 0.6 is 0 Å². The summed E-state index contributed by atoms with van der Waals surface area (Å²) < 4.78 is 0. The molecule has 5 N–H and O–H groups in total. The average molecular weight is 229 g/mol. The highest BCUT2D eigenvalue weighted by Crippen LogP contribution is 1.88. The fourth-order valence-electron chi connectivity index (χ4n) is 1.85. The van der Waals surface area contributed by atoms with Gasteiger partial charge in [-0.15, -0.1) is 0 Å². The van der Waals surface area contributed by atoms with Crippen LogP contribution in [0.15, 0.2) is 0 Å². The molecule has 1 aliphatic rings. The van der Waals surface area contributed by atoms with E-state index in [2.05, 4.69) is 20.9 Å². The summed E-state index contributed by atoms with van der Waals surface area (Å²) in [5.74, 6) is 0. The van der Waals surface area contributed by atoms with E-state index in [4.69, 9.17) is 5.73 Å². The van der Waals surface area contributed by atoms with Gasteiger partial charge >= 0.3 is 0 Å². The van der Waals surface area contributed by atoms with Crippen molar-refractivity contribution >= 4 is 0 Å². The van der Waals surface area contributed by atoms with Crippen molar-refractivity contribution in [2.45, 2.75) is 12.8 Å². The fourth-order valence-corrected chi connectivity index (χ4v) is 1.85. The van der Waals surface area contributed by atoms with Gasteiger partial charge in [0.25, 0.3) is 0 Å². The predicted octanol–water partition coefficient (Wildman–Crippen LogP) is -1.23. The van der Waals surface area contributed by atoms with E-state index in [1.165, 1.54) is 12.8 Å². The van der Waals surface area contributed by atoms with Gasteiger partial charge in [-0.3, -0.25) is 4.90 Å². The van der Waals surface area contributed by atoms with E-state index < -0.39 is 0 Å². The molecule has 1 aliphatic heterocycles. The smallest absolute Gasteiger partial charge is 0.0455 e. The summed E-state index contributed by atoms with van der Waals surface area (Å²) in [5.41, 5.74) is 5.71. The van der Waals surface area contributed by atoms with Crippen molar-refractivity contribution in [3.8, 4) is 0 Å². The molecule has 0 bridgehead atoms. The molecule has 0 unspecified atom stereocenters. The third kappa shape index (κ3) is 7.14. The van der Waals surface area contributed by atoms with Crippen LogP contribution in [0.4, 0.5) is 0 Å². The summed E-state index contributed by atoms with van der Waals surface area (Å²) in [7, 11) is 0. The zero-order chi connectivity index (χ0) is 11.5. The molecule has 0 aromatic heterocycles. The molecular formula is C11H27N5. The molecular weight excluding hydrogens is 202 g/mol. The Morgan fingerprint density at radius 1 is 0.750 bits per heavy atom. The zero-order valence-electron chi connectivity index (χ0n) is 10.3. The van der Waals surface area contributed by atoms with Gasteiger partial charge in [0.2, 0.25) is 0 Å². The molecule has 1 heterocycles. The van der Waals surface area contributed by atoms with E-state index in [-0.39, 0.29) is 0 Å². The maximum absolute atomic E-state index is 5.71. The minimum Gasteiger partial charge on any atom is -0.318 e. The number of hydrogen-bond donors (Lipinski definition) is 4. The highest BCUT2D eigenvalue weighted by atomic mass is 15.2. The fraction of sp³-hybridized carbons (Fsp3) is 1.00. The number of rotatable bonds is 1. The molecule has 5 heteroatoms. The third-order valence-corrected chi connectivity index (χ3v) is 2.88. The van der Waals surface area contributed by atoms with Gasteiger partial charge in [-0.1, -0.05) is 0 Å². The normalized spacial score (nSPS) is 23.8. The lowest BCUT2D eigenvalue weighted by Crippen LogP contribution is -2.39. The Morgan fingerprint density at radius 3 is 2.06 bits per heavy atom. The summed E-state index contributed by atoms with van der Waals surface area (Å²) in [4.78, 5) is 2.30. The van der Waals surface area contributed by atoms with E-state index in [0.29, 0.717) is 6.67 Å². The second kappa shape index (κ2) is 9.99. The number of hydrogen-bond acceptors (Lipinski definition) is 5. The topological polar surface area (TPSA) is 65.3 Å². The van der Waals surface area contributed by atoms with E-state index in [1.807, 2.05) is 0 Å². The van der Waals surface area contributed by atoms with Crippen molar-refractivity contribution in [2.24, 2.45) is 5.73 Å². The molecule has 0 spiro atoms. The molecule has 16 heavy (non-hydrogen) atoms. The summed E-state index contributed by atoms with van der Waals surface area (Å²) in [6.45, 7) is 9.30. The summed E-state index contributed by atoms with van der Waals surface area (Å²) in [5, 5.41) is 10.3. The first-order chi connectivity index (χ1) is 7.93. The lowest BCUT2D eigenvalue weighted by Gasteiger charge is -2.20. The predicted molar refractivity (Wildman–Crippen MR) is 68.5 cm³/mol. The highest BCUT2D eigenvalue weighted by Gasteiger charge is 2.01. The van der Waals surface area contributed by atoms with Crippen molar-refractivity contribution in [1.29, 1.82) is 0 Å². The van der Waals surface area contributed by atoms with Crippen LogP contribution in [0, 0.1) is 0 Å². The maximum atomic E-state index is 5.71. The largest absolute Gasteiger partial charge is 0.318 e. The molecule has 96 valence electrons. The Balaban J connectivity index is 2.16. The van der Waals surface area contributed by atoms with Gasteiger partial charge in [0.1, 0.15) is 0 Å². The van der Waals surface area contributed by atoms with Gasteiger partial charge in [-0.25, -0.2) is 0 Å². The van der Waals surface area contributed by atoms with Gasteiger partial charge in [0.15, 0.2) is 0 Å². The quantitative estimate of drug-likeness (QED) is 0.453. The molecule has 1 saturated heterocycles. The van der Waals surface area contributed by atoms with Gasteiger partial charge in [0, 0.05) is 39.4 Å². The lowest BCUT2D eigenvalue weighted by atomic mass is 10.3. The molecule has 0 aliphatic carbocycles. The first-order valence-corrected chi connectivity index (χ1v) is 6.48. The van der Waals surface area contributed by atoms with Crippen LogP contribution in [0.5, 0.6) is 0 Å². The van der Waals surface area contributed by atoms with Gasteiger partial charge in [-0.05, 0) is 32.5 Å². The number of nitrogens with one attached hydrogen (secondary N) is 3. The van der Waals surface area contributed by atoms with Crippen LogP contribution in [0.25, 0.3) is 0 Å². The van der Waals surface area contributed by atoms with Crippen molar-refractivity contribution in [3.05, 3.63) is 0 Å². The van der Waals surface area contributed by atoms with E-state index in [0.717, 1.165) is 52.4 Å². The average Bonchev–Trinajstić information content (AvgIpc) is 2.32. The maximum Gasteiger partial charge on any atom is 0.0455 e. The molecule has 0 aromatic rings. The van der Waals surface area contributed by atoms with Crippen LogP contribution < -0.4 is 21.7 Å². The first-order valence-electron chi connectivity index (χ1n) is 6.48. The standard InChI is InChI=1S/C11H27N5/c12-11-16-9-2-5-14-7-6-13-3-1-4-15-8-10-16/h13-15H,1-12H2. The van der Waals surface area contributed by atoms with Gasteiger partial charge < -0.3 is 21.7 Å². The Kier molecular flexibility index (Phi) is 8.65. The van der Waals surface area contributed by atoms with Crippen LogP contribution in [0.2, 0.25) is 0 Å². The SMILES string of the molecule is NCN1CCCNCCNCCCNCC1. The van der Waals surface area contributed by atoms with E-state index >= 15 is 0 Å². The summed E-state index contributed by atoms with van der Waals surface area (Å²) in [6, 6.07) is 0. The summed E-state index contributed by atoms with van der Waals surface area (Å²) >= 11 is 0. The number of nitrogens with zero attached hydrogens (tertiary/aromatic N) is 1. The van der Waals surface area contributed by atoms with Crippen LogP contribution in [0.3, 0.4) is 0 Å². The first kappa shape index (κ1) is 13.9. The van der Waals surface area contributed by atoms with Crippen molar-refractivity contribution in [2.75, 3.05) is 59.0 Å². The zero-order valence-corrected chi connectivity index (χ0v) is 10.3. The molecule has 0 saturated carbocycles. The molecule has 1 rings (SSSR count). The number of nitrogens with two attached hydrogens (primary N) is 1. The molecule has 0 atom stereocenters. The van der Waals surface area contributed by atoms with Gasteiger partial charge in [0.05, 0.1) is 0 Å². The van der Waals surface area contributed by atoms with Gasteiger partial charge in [-0.2, -0.15) is 0 Å². The Labute approximate surface area is 99.1 Å². The lowest BCUT2D eigenvalue weighted by molar-refractivity contribution is 0.275. The minimum absolute atomic E-state index is 0.670. The van der Waals surface area contributed by atoms with E-state index in [1.54, 1.807) is 0 Å². The van der Waals surface area contributed by atoms with Crippen molar-refractivity contribution in [3.63, 3.8) is 0 Å². The molecule has 0 aromatic carbocycles. The Bertz CT molecular complexity index is 139. The third-order valence-electron chi connectivity index (χ3n) is 2.88. The second-order valence-electron chi connectivity index (χ2n) is 4.26. The second-order valence-corrected chi connectivity index (χ2v) is 4.26.